The van der Waals surface area contributed by atoms with E-state index in [0.717, 1.165) is 5.56 Å². The quantitative estimate of drug-likeness (QED) is 0.773. The van der Waals surface area contributed by atoms with Gasteiger partial charge in [-0.05, 0) is 35.2 Å². The van der Waals surface area contributed by atoms with E-state index in [1.54, 1.807) is 31.4 Å². The first-order valence-electron chi connectivity index (χ1n) is 7.00. The smallest absolute Gasteiger partial charge is 0.338 e. The van der Waals surface area contributed by atoms with Gasteiger partial charge in [-0.25, -0.2) is 4.79 Å². The van der Waals surface area contributed by atoms with Crippen molar-refractivity contribution in [1.29, 1.82) is 0 Å². The predicted octanol–water partition coefficient (Wildman–Crippen LogP) is 4.18. The van der Waals surface area contributed by atoms with E-state index in [0.29, 0.717) is 17.2 Å². The van der Waals surface area contributed by atoms with Gasteiger partial charge in [-0.3, -0.25) is 0 Å². The molecule has 2 aromatic rings. The Morgan fingerprint density at radius 3 is 2.43 bits per heavy atom. The zero-order valence-corrected chi connectivity index (χ0v) is 12.6. The maximum Gasteiger partial charge on any atom is 0.338 e. The fourth-order valence-electron chi connectivity index (χ4n) is 1.98. The molecule has 0 saturated heterocycles. The largest absolute Gasteiger partial charge is 0.497 e. The van der Waals surface area contributed by atoms with Gasteiger partial charge in [-0.2, -0.15) is 0 Å². The number of carbonyl (C=O) groups is 1. The lowest BCUT2D eigenvalue weighted by atomic mass is 10.0. The molecular weight excluding hydrogens is 264 g/mol. The minimum Gasteiger partial charge on any atom is -0.497 e. The molecule has 0 aliphatic carbocycles. The van der Waals surface area contributed by atoms with Crippen molar-refractivity contribution >= 4 is 5.97 Å². The van der Waals surface area contributed by atoms with Crippen molar-refractivity contribution in [2.45, 2.75) is 26.4 Å². The zero-order valence-electron chi connectivity index (χ0n) is 12.6. The van der Waals surface area contributed by atoms with Crippen molar-refractivity contribution < 1.29 is 14.3 Å². The average molecular weight is 284 g/mol. The van der Waals surface area contributed by atoms with Crippen LogP contribution in [0.3, 0.4) is 0 Å². The number of methoxy groups -OCH3 is 1. The van der Waals surface area contributed by atoms with Gasteiger partial charge in [0, 0.05) is 0 Å². The number of rotatable bonds is 5. The molecule has 0 saturated carbocycles. The van der Waals surface area contributed by atoms with Crippen LogP contribution in [0.2, 0.25) is 0 Å². The molecule has 0 spiro atoms. The van der Waals surface area contributed by atoms with Crippen molar-refractivity contribution in [2.75, 3.05) is 7.11 Å². The molecule has 0 N–H and O–H groups in total. The van der Waals surface area contributed by atoms with E-state index >= 15 is 0 Å². The highest BCUT2D eigenvalue weighted by molar-refractivity contribution is 5.89. The van der Waals surface area contributed by atoms with Gasteiger partial charge in [0.1, 0.15) is 12.4 Å². The van der Waals surface area contributed by atoms with Gasteiger partial charge < -0.3 is 9.47 Å². The van der Waals surface area contributed by atoms with E-state index in [-0.39, 0.29) is 12.6 Å². The number of ether oxygens (including phenoxy) is 2. The molecule has 0 atom stereocenters. The lowest BCUT2D eigenvalue weighted by molar-refractivity contribution is 0.0472. The number of benzene rings is 2. The number of hydrogen-bond donors (Lipinski definition) is 0. The van der Waals surface area contributed by atoms with E-state index in [1.165, 1.54) is 5.56 Å². The highest BCUT2D eigenvalue weighted by Gasteiger charge is 2.08. The second-order valence-electron chi connectivity index (χ2n) is 5.20. The van der Waals surface area contributed by atoms with Crippen LogP contribution in [0.4, 0.5) is 0 Å². The normalized spacial score (nSPS) is 10.5. The van der Waals surface area contributed by atoms with Crippen molar-refractivity contribution in [3.05, 3.63) is 65.2 Å². The van der Waals surface area contributed by atoms with Crippen molar-refractivity contribution in [3.63, 3.8) is 0 Å². The second kappa shape index (κ2) is 6.93. The predicted molar refractivity (Wildman–Crippen MR) is 82.6 cm³/mol. The van der Waals surface area contributed by atoms with Crippen molar-refractivity contribution in [1.82, 2.24) is 0 Å². The summed E-state index contributed by atoms with van der Waals surface area (Å²) in [5.41, 5.74) is 2.75. The van der Waals surface area contributed by atoms with Crippen molar-refractivity contribution in [2.24, 2.45) is 0 Å². The standard InChI is InChI=1S/C18H20O3/c1-13(2)15-9-7-14(8-10-15)12-21-18(19)16-5-4-6-17(11-16)20-3/h4-11,13H,12H2,1-3H3. The molecule has 2 rings (SSSR count). The molecular formula is C18H20O3. The van der Waals surface area contributed by atoms with E-state index in [4.69, 9.17) is 9.47 Å². The third-order valence-corrected chi connectivity index (χ3v) is 3.32. The summed E-state index contributed by atoms with van der Waals surface area (Å²) in [6.07, 6.45) is 0. The van der Waals surface area contributed by atoms with Gasteiger partial charge in [0.15, 0.2) is 0 Å². The summed E-state index contributed by atoms with van der Waals surface area (Å²) in [4.78, 5) is 12.0. The van der Waals surface area contributed by atoms with Crippen LogP contribution < -0.4 is 4.74 Å². The molecule has 2 aromatic carbocycles. The highest BCUT2D eigenvalue weighted by Crippen LogP contribution is 2.16. The minimum absolute atomic E-state index is 0.272. The Balaban J connectivity index is 1.97. The molecule has 0 unspecified atom stereocenters. The van der Waals surface area contributed by atoms with E-state index < -0.39 is 0 Å². The molecule has 0 amide bonds. The first-order chi connectivity index (χ1) is 10.1. The van der Waals surface area contributed by atoms with Crippen LogP contribution in [0.25, 0.3) is 0 Å². The average Bonchev–Trinajstić information content (AvgIpc) is 2.53. The SMILES string of the molecule is COc1cccc(C(=O)OCc2ccc(C(C)C)cc2)c1. The summed E-state index contributed by atoms with van der Waals surface area (Å²) in [5, 5.41) is 0. The Morgan fingerprint density at radius 1 is 1.10 bits per heavy atom. The molecule has 0 heterocycles. The van der Waals surface area contributed by atoms with E-state index in [1.807, 2.05) is 12.1 Å². The molecule has 3 nitrogen and oxygen atoms in total. The van der Waals surface area contributed by atoms with E-state index in [9.17, 15) is 4.79 Å². The Hall–Kier alpha value is -2.29. The van der Waals surface area contributed by atoms with Crippen LogP contribution in [0, 0.1) is 0 Å². The number of hydrogen-bond acceptors (Lipinski definition) is 3. The fourth-order valence-corrected chi connectivity index (χ4v) is 1.98. The molecule has 0 aliphatic rings. The summed E-state index contributed by atoms with van der Waals surface area (Å²) in [7, 11) is 1.57. The topological polar surface area (TPSA) is 35.5 Å². The molecule has 21 heavy (non-hydrogen) atoms. The zero-order chi connectivity index (χ0) is 15.2. The molecule has 0 aromatic heterocycles. The molecule has 0 fully saturated rings. The van der Waals surface area contributed by atoms with Gasteiger partial charge in [-0.1, -0.05) is 44.2 Å². The Bertz CT molecular complexity index is 600. The Morgan fingerprint density at radius 2 is 1.81 bits per heavy atom. The first-order valence-corrected chi connectivity index (χ1v) is 7.00. The molecule has 0 aliphatic heterocycles. The van der Waals surface area contributed by atoms with Gasteiger partial charge in [0.25, 0.3) is 0 Å². The van der Waals surface area contributed by atoms with Crippen LogP contribution in [-0.4, -0.2) is 13.1 Å². The summed E-state index contributed by atoms with van der Waals surface area (Å²) >= 11 is 0. The Kier molecular flexibility index (Phi) is 4.99. The highest BCUT2D eigenvalue weighted by atomic mass is 16.5. The first kappa shape index (κ1) is 15.1. The third-order valence-electron chi connectivity index (χ3n) is 3.32. The van der Waals surface area contributed by atoms with Crippen molar-refractivity contribution in [3.8, 4) is 5.75 Å². The lowest BCUT2D eigenvalue weighted by Crippen LogP contribution is -2.05. The monoisotopic (exact) mass is 284 g/mol. The van der Waals surface area contributed by atoms with Gasteiger partial charge in [0.2, 0.25) is 0 Å². The summed E-state index contributed by atoms with van der Waals surface area (Å²) < 4.78 is 10.4. The number of carbonyl (C=O) groups excluding carboxylic acids is 1. The second-order valence-corrected chi connectivity index (χ2v) is 5.20. The number of esters is 1. The maximum atomic E-state index is 12.0. The van der Waals surface area contributed by atoms with Crippen LogP contribution in [0.5, 0.6) is 5.75 Å². The van der Waals surface area contributed by atoms with E-state index in [2.05, 4.69) is 26.0 Å². The van der Waals surface area contributed by atoms with Gasteiger partial charge in [0.05, 0.1) is 12.7 Å². The summed E-state index contributed by atoms with van der Waals surface area (Å²) in [6.45, 7) is 4.57. The summed E-state index contributed by atoms with van der Waals surface area (Å²) in [5.74, 6) is 0.797. The Labute approximate surface area is 125 Å². The van der Waals surface area contributed by atoms with Crippen LogP contribution in [-0.2, 0) is 11.3 Å². The molecule has 110 valence electrons. The fraction of sp³-hybridized carbons (Fsp3) is 0.278. The maximum absolute atomic E-state index is 12.0. The minimum atomic E-state index is -0.346. The summed E-state index contributed by atoms with van der Waals surface area (Å²) in [6, 6.07) is 15.1. The van der Waals surface area contributed by atoms with Crippen LogP contribution in [0.15, 0.2) is 48.5 Å². The lowest BCUT2D eigenvalue weighted by Gasteiger charge is -2.08. The molecule has 3 heteroatoms. The van der Waals surface area contributed by atoms with Gasteiger partial charge in [-0.15, -0.1) is 0 Å². The third kappa shape index (κ3) is 4.09. The van der Waals surface area contributed by atoms with Gasteiger partial charge >= 0.3 is 5.97 Å². The van der Waals surface area contributed by atoms with Crippen LogP contribution >= 0.6 is 0 Å². The van der Waals surface area contributed by atoms with Crippen LogP contribution in [0.1, 0.15) is 41.3 Å². The molecule has 0 radical (unpaired) electrons. The molecule has 0 bridgehead atoms.